The lowest BCUT2D eigenvalue weighted by molar-refractivity contribution is 0.409. The van der Waals surface area contributed by atoms with Crippen LogP contribution < -0.4 is 0 Å². The van der Waals surface area contributed by atoms with Crippen molar-refractivity contribution in [2.45, 2.75) is 24.4 Å². The lowest BCUT2D eigenvalue weighted by atomic mass is 10.1. The van der Waals surface area contributed by atoms with E-state index in [0.29, 0.717) is 19.6 Å². The minimum atomic E-state index is -3.55. The quantitative estimate of drug-likeness (QED) is 0.725. The average molecular weight is 354 g/mol. The van der Waals surface area contributed by atoms with Gasteiger partial charge >= 0.3 is 0 Å². The summed E-state index contributed by atoms with van der Waals surface area (Å²) in [5, 5.41) is 4.65. The number of pyridine rings is 1. The Morgan fingerprint density at radius 2 is 1.84 bits per heavy atom. The molecule has 128 valence electrons. The van der Waals surface area contributed by atoms with Crippen molar-refractivity contribution >= 4 is 10.0 Å². The topological polar surface area (TPSA) is 68.1 Å². The summed E-state index contributed by atoms with van der Waals surface area (Å²) < 4.78 is 29.2. The maximum atomic E-state index is 12.9. The van der Waals surface area contributed by atoms with Crippen molar-refractivity contribution in [2.75, 3.05) is 6.54 Å². The van der Waals surface area contributed by atoms with Gasteiger partial charge in [-0.15, -0.1) is 0 Å². The van der Waals surface area contributed by atoms with Gasteiger partial charge in [0.1, 0.15) is 4.90 Å². The van der Waals surface area contributed by atoms with E-state index >= 15 is 0 Å². The predicted octanol–water partition coefficient (Wildman–Crippen LogP) is 2.54. The summed E-state index contributed by atoms with van der Waals surface area (Å²) in [6.45, 7) is 1.50. The first kappa shape index (κ1) is 16.0. The predicted molar refractivity (Wildman–Crippen MR) is 94.1 cm³/mol. The van der Waals surface area contributed by atoms with Gasteiger partial charge in [0.15, 0.2) is 0 Å². The van der Waals surface area contributed by atoms with E-state index in [1.165, 1.54) is 10.5 Å². The molecular weight excluding hydrogens is 336 g/mol. The molecule has 0 fully saturated rings. The van der Waals surface area contributed by atoms with E-state index in [9.17, 15) is 8.42 Å². The SMILES string of the molecule is O=S(=O)(c1cccnc1)N1CCCn2nc(-c3ccccc3)cc2C1. The van der Waals surface area contributed by atoms with Crippen LogP contribution in [0.15, 0.2) is 65.8 Å². The van der Waals surface area contributed by atoms with Crippen LogP contribution in [0.4, 0.5) is 0 Å². The Kier molecular flexibility index (Phi) is 4.10. The summed E-state index contributed by atoms with van der Waals surface area (Å²) in [5.74, 6) is 0. The number of rotatable bonds is 3. The average Bonchev–Trinajstić information content (AvgIpc) is 2.94. The van der Waals surface area contributed by atoms with Gasteiger partial charge in [-0.25, -0.2) is 8.42 Å². The zero-order valence-electron chi connectivity index (χ0n) is 13.6. The van der Waals surface area contributed by atoms with Crippen molar-refractivity contribution < 1.29 is 8.42 Å². The largest absolute Gasteiger partial charge is 0.268 e. The molecule has 4 rings (SSSR count). The molecule has 1 aliphatic rings. The van der Waals surface area contributed by atoms with Crippen LogP contribution in [0.3, 0.4) is 0 Å². The molecule has 6 nitrogen and oxygen atoms in total. The second kappa shape index (κ2) is 6.42. The van der Waals surface area contributed by atoms with Gasteiger partial charge < -0.3 is 0 Å². The second-order valence-corrected chi connectivity index (χ2v) is 7.93. The third-order valence-corrected chi connectivity index (χ3v) is 6.15. The van der Waals surface area contributed by atoms with Crippen molar-refractivity contribution in [1.29, 1.82) is 0 Å². The Bertz CT molecular complexity index is 969. The van der Waals surface area contributed by atoms with E-state index < -0.39 is 10.0 Å². The van der Waals surface area contributed by atoms with Crippen molar-refractivity contribution in [1.82, 2.24) is 19.1 Å². The number of fused-ring (bicyclic) bond motifs is 1. The van der Waals surface area contributed by atoms with Crippen molar-refractivity contribution in [2.24, 2.45) is 0 Å². The number of aryl methyl sites for hydroxylation is 1. The molecule has 3 aromatic rings. The minimum absolute atomic E-state index is 0.228. The fourth-order valence-electron chi connectivity index (χ4n) is 3.04. The van der Waals surface area contributed by atoms with Crippen molar-refractivity contribution in [3.63, 3.8) is 0 Å². The normalized spacial score (nSPS) is 15.5. The fourth-order valence-corrected chi connectivity index (χ4v) is 4.45. The maximum absolute atomic E-state index is 12.9. The van der Waals surface area contributed by atoms with E-state index in [-0.39, 0.29) is 4.90 Å². The van der Waals surface area contributed by atoms with Crippen LogP contribution in [0.2, 0.25) is 0 Å². The van der Waals surface area contributed by atoms with Crippen LogP contribution >= 0.6 is 0 Å². The van der Waals surface area contributed by atoms with Gasteiger partial charge in [0.2, 0.25) is 10.0 Å². The highest BCUT2D eigenvalue weighted by Crippen LogP contribution is 2.24. The van der Waals surface area contributed by atoms with Gasteiger partial charge in [-0.2, -0.15) is 9.40 Å². The molecule has 0 aliphatic carbocycles. The molecule has 0 unspecified atom stereocenters. The fraction of sp³-hybridized carbons (Fsp3) is 0.222. The molecule has 0 saturated carbocycles. The Morgan fingerprint density at radius 3 is 2.60 bits per heavy atom. The smallest absolute Gasteiger partial charge is 0.244 e. The van der Waals surface area contributed by atoms with Gasteiger partial charge in [-0.1, -0.05) is 30.3 Å². The number of hydrogen-bond donors (Lipinski definition) is 0. The Balaban J connectivity index is 1.67. The molecule has 2 aromatic heterocycles. The Morgan fingerprint density at radius 1 is 1.00 bits per heavy atom. The van der Waals surface area contributed by atoms with Gasteiger partial charge in [0.05, 0.1) is 17.9 Å². The highest BCUT2D eigenvalue weighted by atomic mass is 32.2. The number of benzene rings is 1. The van der Waals surface area contributed by atoms with Crippen LogP contribution in [-0.4, -0.2) is 34.0 Å². The highest BCUT2D eigenvalue weighted by Gasteiger charge is 2.28. The molecule has 0 bridgehead atoms. The number of aromatic nitrogens is 3. The molecule has 3 heterocycles. The molecule has 0 amide bonds. The number of sulfonamides is 1. The van der Waals surface area contributed by atoms with Crippen LogP contribution in [0.5, 0.6) is 0 Å². The Labute approximate surface area is 146 Å². The summed E-state index contributed by atoms with van der Waals surface area (Å²) in [6, 6.07) is 15.1. The van der Waals surface area contributed by atoms with Gasteiger partial charge in [-0.05, 0) is 24.6 Å². The monoisotopic (exact) mass is 354 g/mol. The summed E-state index contributed by atoms with van der Waals surface area (Å²) in [4.78, 5) is 4.16. The van der Waals surface area contributed by atoms with Crippen molar-refractivity contribution in [3.8, 4) is 11.3 Å². The summed E-state index contributed by atoms with van der Waals surface area (Å²) in [7, 11) is -3.55. The summed E-state index contributed by atoms with van der Waals surface area (Å²) >= 11 is 0. The van der Waals surface area contributed by atoms with E-state index in [2.05, 4.69) is 10.1 Å². The second-order valence-electron chi connectivity index (χ2n) is 5.99. The molecule has 1 aliphatic heterocycles. The van der Waals surface area contributed by atoms with E-state index in [4.69, 9.17) is 0 Å². The first-order valence-electron chi connectivity index (χ1n) is 8.17. The van der Waals surface area contributed by atoms with Crippen LogP contribution in [0, 0.1) is 0 Å². The lowest BCUT2D eigenvalue weighted by Gasteiger charge is -2.19. The molecule has 0 atom stereocenters. The zero-order chi connectivity index (χ0) is 17.3. The standard InChI is InChI=1S/C18H18N4O2S/c23-25(24,17-8-4-9-19-13-17)21-10-5-11-22-16(14-21)12-18(20-22)15-6-2-1-3-7-15/h1-4,6-9,12-13H,5,10-11,14H2. The van der Waals surface area contributed by atoms with Crippen LogP contribution in [-0.2, 0) is 23.1 Å². The van der Waals surface area contributed by atoms with Gasteiger partial charge in [0, 0.05) is 31.0 Å². The first-order valence-corrected chi connectivity index (χ1v) is 9.61. The molecule has 0 saturated heterocycles. The van der Waals surface area contributed by atoms with E-state index in [1.807, 2.05) is 41.1 Å². The highest BCUT2D eigenvalue weighted by molar-refractivity contribution is 7.89. The number of nitrogens with zero attached hydrogens (tertiary/aromatic N) is 4. The first-order chi connectivity index (χ1) is 12.1. The minimum Gasteiger partial charge on any atom is -0.268 e. The maximum Gasteiger partial charge on any atom is 0.244 e. The molecule has 7 heteroatoms. The zero-order valence-corrected chi connectivity index (χ0v) is 14.4. The molecule has 1 aromatic carbocycles. The molecular formula is C18H18N4O2S. The third-order valence-electron chi connectivity index (χ3n) is 4.32. The Hall–Kier alpha value is -2.51. The van der Waals surface area contributed by atoms with Crippen LogP contribution in [0.25, 0.3) is 11.3 Å². The molecule has 25 heavy (non-hydrogen) atoms. The van der Waals surface area contributed by atoms with Crippen LogP contribution in [0.1, 0.15) is 12.1 Å². The molecule has 0 radical (unpaired) electrons. The molecule has 0 spiro atoms. The molecule has 0 N–H and O–H groups in total. The summed E-state index contributed by atoms with van der Waals surface area (Å²) in [5.41, 5.74) is 2.81. The number of hydrogen-bond acceptors (Lipinski definition) is 4. The van der Waals surface area contributed by atoms with Crippen molar-refractivity contribution in [3.05, 3.63) is 66.6 Å². The summed E-state index contributed by atoms with van der Waals surface area (Å²) in [6.07, 6.45) is 3.69. The van der Waals surface area contributed by atoms with E-state index in [0.717, 1.165) is 23.4 Å². The van der Waals surface area contributed by atoms with Gasteiger partial charge in [0.25, 0.3) is 0 Å². The van der Waals surface area contributed by atoms with E-state index in [1.54, 1.807) is 18.3 Å². The van der Waals surface area contributed by atoms with Gasteiger partial charge in [-0.3, -0.25) is 9.67 Å². The third kappa shape index (κ3) is 3.08. The lowest BCUT2D eigenvalue weighted by Crippen LogP contribution is -2.30.